The molecule has 0 rings (SSSR count). The van der Waals surface area contributed by atoms with Crippen LogP contribution >= 0.6 is 0 Å². The molecule has 0 fully saturated rings. The highest BCUT2D eigenvalue weighted by molar-refractivity contribution is 6.34. The Morgan fingerprint density at radius 2 is 1.64 bits per heavy atom. The van der Waals surface area contributed by atoms with Crippen LogP contribution in [0.3, 0.4) is 0 Å². The summed E-state index contributed by atoms with van der Waals surface area (Å²) in [6.07, 6.45) is 0. The quantitative estimate of drug-likeness (QED) is 0.566. The largest absolute Gasteiger partial charge is 0.325 e. The van der Waals surface area contributed by atoms with Gasteiger partial charge in [0.2, 0.25) is 0 Å². The molecule has 0 saturated carbocycles. The summed E-state index contributed by atoms with van der Waals surface area (Å²) in [5, 5.41) is 0. The van der Waals surface area contributed by atoms with Crippen LogP contribution in [0.5, 0.6) is 0 Å². The van der Waals surface area contributed by atoms with Gasteiger partial charge in [-0.1, -0.05) is 39.8 Å². The molecule has 0 aliphatic rings. The lowest BCUT2D eigenvalue weighted by atomic mass is 10.3. The molecule has 1 nitrogen and oxygen atoms in total. The van der Waals surface area contributed by atoms with E-state index < -0.39 is 0 Å². The molecule has 0 bridgehead atoms. The van der Waals surface area contributed by atoms with Gasteiger partial charge in [0.05, 0.1) is 9.68 Å². The van der Waals surface area contributed by atoms with Crippen molar-refractivity contribution in [3.63, 3.8) is 0 Å². The predicted molar refractivity (Wildman–Crippen MR) is 60.2 cm³/mol. The van der Waals surface area contributed by atoms with Crippen molar-refractivity contribution >= 4 is 19.9 Å². The highest BCUT2D eigenvalue weighted by Crippen LogP contribution is 2.04. The summed E-state index contributed by atoms with van der Waals surface area (Å²) >= 11 is 0. The van der Waals surface area contributed by atoms with Gasteiger partial charge in [0.25, 0.3) is 0 Å². The van der Waals surface area contributed by atoms with Gasteiger partial charge in [0.1, 0.15) is 0 Å². The van der Waals surface area contributed by atoms with Crippen molar-refractivity contribution in [2.24, 2.45) is 0 Å². The first kappa shape index (κ1) is 11.4. The molecular formula is C8H23NSi2. The standard InChI is InChI=1S/C8H23NSi2/c1-7(2)9(8(3)4)11-6-5-10/h7-8H,5-6,11H2,1-4,10H3. The van der Waals surface area contributed by atoms with Crippen molar-refractivity contribution in [2.75, 3.05) is 0 Å². The fraction of sp³-hybridized carbons (Fsp3) is 1.00. The van der Waals surface area contributed by atoms with Crippen LogP contribution in [-0.2, 0) is 0 Å². The monoisotopic (exact) mass is 189 g/mol. The summed E-state index contributed by atoms with van der Waals surface area (Å²) in [4.78, 5) is 0. The second kappa shape index (κ2) is 5.97. The molecule has 0 aliphatic carbocycles. The molecule has 0 aromatic heterocycles. The fourth-order valence-corrected chi connectivity index (χ4v) is 4.12. The molecule has 11 heavy (non-hydrogen) atoms. The summed E-state index contributed by atoms with van der Waals surface area (Å²) in [5.41, 5.74) is 0. The Kier molecular flexibility index (Phi) is 6.18. The Morgan fingerprint density at radius 3 is 1.91 bits per heavy atom. The van der Waals surface area contributed by atoms with E-state index in [-0.39, 0.29) is 9.68 Å². The Bertz CT molecular complexity index is 86.1. The second-order valence-corrected chi connectivity index (χ2v) is 6.66. The average molecular weight is 189 g/mol. The first-order valence-electron chi connectivity index (χ1n) is 4.85. The van der Waals surface area contributed by atoms with Gasteiger partial charge in [0, 0.05) is 10.2 Å². The molecule has 0 spiro atoms. The number of nitrogens with zero attached hydrogens (tertiary/aromatic N) is 1. The van der Waals surface area contributed by atoms with Crippen LogP contribution in [0.2, 0.25) is 12.1 Å². The molecule has 0 aliphatic heterocycles. The fourth-order valence-electron chi connectivity index (χ4n) is 1.45. The Balaban J connectivity index is 3.70. The minimum Gasteiger partial charge on any atom is -0.325 e. The molecule has 0 heterocycles. The minimum absolute atomic E-state index is 0.0984. The van der Waals surface area contributed by atoms with Crippen molar-refractivity contribution < 1.29 is 0 Å². The van der Waals surface area contributed by atoms with Crippen molar-refractivity contribution in [1.82, 2.24) is 4.57 Å². The zero-order valence-electron chi connectivity index (χ0n) is 8.72. The van der Waals surface area contributed by atoms with Gasteiger partial charge >= 0.3 is 0 Å². The van der Waals surface area contributed by atoms with Gasteiger partial charge in [-0.05, 0) is 12.1 Å². The van der Waals surface area contributed by atoms with Crippen LogP contribution in [0.15, 0.2) is 0 Å². The van der Waals surface area contributed by atoms with Gasteiger partial charge < -0.3 is 4.57 Å². The van der Waals surface area contributed by atoms with Gasteiger partial charge in [-0.15, -0.1) is 0 Å². The number of hydrogen-bond acceptors (Lipinski definition) is 1. The maximum absolute atomic E-state index is 2.71. The van der Waals surface area contributed by atoms with E-state index in [1.807, 2.05) is 0 Å². The second-order valence-electron chi connectivity index (χ2n) is 3.78. The van der Waals surface area contributed by atoms with Crippen LogP contribution < -0.4 is 0 Å². The lowest BCUT2D eigenvalue weighted by molar-refractivity contribution is 0.312. The van der Waals surface area contributed by atoms with E-state index in [4.69, 9.17) is 0 Å². The number of rotatable bonds is 5. The average Bonchev–Trinajstić information content (AvgIpc) is 1.87. The highest BCUT2D eigenvalue weighted by Gasteiger charge is 2.11. The summed E-state index contributed by atoms with van der Waals surface area (Å²) in [5.74, 6) is 0. The van der Waals surface area contributed by atoms with E-state index >= 15 is 0 Å². The summed E-state index contributed by atoms with van der Waals surface area (Å²) in [7, 11) is 1.49. The van der Waals surface area contributed by atoms with E-state index in [0.29, 0.717) is 0 Å². The third-order valence-corrected chi connectivity index (χ3v) is 7.22. The van der Waals surface area contributed by atoms with Gasteiger partial charge in [-0.2, -0.15) is 0 Å². The Labute approximate surface area is 76.9 Å². The normalized spacial score (nSPS) is 13.4. The smallest absolute Gasteiger partial charge is 0.0953 e. The molecule has 0 aromatic carbocycles. The third kappa shape index (κ3) is 4.77. The van der Waals surface area contributed by atoms with E-state index in [1.165, 1.54) is 22.3 Å². The molecule has 3 heteroatoms. The first-order valence-corrected chi connectivity index (χ1v) is 7.90. The van der Waals surface area contributed by atoms with Crippen molar-refractivity contribution in [3.05, 3.63) is 0 Å². The van der Waals surface area contributed by atoms with Gasteiger partial charge in [0.15, 0.2) is 0 Å². The van der Waals surface area contributed by atoms with E-state index in [1.54, 1.807) is 0 Å². The zero-order chi connectivity index (χ0) is 8.85. The molecule has 0 atom stereocenters. The molecule has 0 aromatic rings. The molecular weight excluding hydrogens is 166 g/mol. The maximum atomic E-state index is 2.71. The molecule has 0 amide bonds. The Hall–Kier alpha value is 0.394. The topological polar surface area (TPSA) is 3.24 Å². The Morgan fingerprint density at radius 1 is 1.18 bits per heavy atom. The van der Waals surface area contributed by atoms with Gasteiger partial charge in [-0.25, -0.2) is 0 Å². The van der Waals surface area contributed by atoms with Crippen LogP contribution in [-0.4, -0.2) is 36.6 Å². The molecule has 0 saturated heterocycles. The van der Waals surface area contributed by atoms with E-state index in [2.05, 4.69) is 32.3 Å². The van der Waals surface area contributed by atoms with Crippen LogP contribution in [0, 0.1) is 0 Å². The first-order chi connectivity index (χ1) is 5.09. The minimum atomic E-state index is 0.0984. The van der Waals surface area contributed by atoms with Crippen LogP contribution in [0.25, 0.3) is 0 Å². The SMILES string of the molecule is CC(C)N([SiH2]CC[SiH3])C(C)C. The van der Waals surface area contributed by atoms with Crippen LogP contribution in [0.4, 0.5) is 0 Å². The van der Waals surface area contributed by atoms with Crippen LogP contribution in [0.1, 0.15) is 27.7 Å². The third-order valence-electron chi connectivity index (χ3n) is 2.10. The predicted octanol–water partition coefficient (Wildman–Crippen LogP) is 0.391. The summed E-state index contributed by atoms with van der Waals surface area (Å²) in [6.45, 7) is 9.28. The van der Waals surface area contributed by atoms with Crippen molar-refractivity contribution in [3.8, 4) is 0 Å². The molecule has 0 N–H and O–H groups in total. The molecule has 68 valence electrons. The van der Waals surface area contributed by atoms with E-state index in [9.17, 15) is 0 Å². The molecule has 0 radical (unpaired) electrons. The number of hydrogen-bond donors (Lipinski definition) is 0. The summed E-state index contributed by atoms with van der Waals surface area (Å²) < 4.78 is 2.71. The lowest BCUT2D eigenvalue weighted by Gasteiger charge is -2.30. The van der Waals surface area contributed by atoms with E-state index in [0.717, 1.165) is 12.1 Å². The van der Waals surface area contributed by atoms with Crippen molar-refractivity contribution in [2.45, 2.75) is 51.9 Å². The highest BCUT2D eigenvalue weighted by atomic mass is 28.2. The summed E-state index contributed by atoms with van der Waals surface area (Å²) in [6, 6.07) is 4.58. The lowest BCUT2D eigenvalue weighted by Crippen LogP contribution is -2.39. The zero-order valence-corrected chi connectivity index (χ0v) is 12.1. The molecule has 0 unspecified atom stereocenters. The maximum Gasteiger partial charge on any atom is 0.0953 e. The van der Waals surface area contributed by atoms with Gasteiger partial charge in [-0.3, -0.25) is 0 Å². The van der Waals surface area contributed by atoms with Crippen molar-refractivity contribution in [1.29, 1.82) is 0 Å².